The maximum absolute atomic E-state index is 14.7. The number of rotatable bonds is 8. The molecule has 5 heteroatoms. The van der Waals surface area contributed by atoms with E-state index in [0.717, 1.165) is 28.0 Å². The third kappa shape index (κ3) is 7.08. The minimum absolute atomic E-state index is 0.0254. The zero-order chi connectivity index (χ0) is 28.4. The molecule has 0 aliphatic heterocycles. The van der Waals surface area contributed by atoms with Crippen molar-refractivity contribution in [2.24, 2.45) is 0 Å². The molecule has 0 heterocycles. The van der Waals surface area contributed by atoms with E-state index in [9.17, 15) is 8.78 Å². The summed E-state index contributed by atoms with van der Waals surface area (Å²) in [6.07, 6.45) is 0.309. The van der Waals surface area contributed by atoms with E-state index < -0.39 is 20.0 Å². The molecule has 1 atom stereocenters. The van der Waals surface area contributed by atoms with Gasteiger partial charge < -0.3 is 0 Å². The Balaban J connectivity index is 1.64. The van der Waals surface area contributed by atoms with Crippen molar-refractivity contribution in [3.8, 4) is 16.9 Å². The van der Waals surface area contributed by atoms with Gasteiger partial charge in [0.1, 0.15) is 0 Å². The van der Waals surface area contributed by atoms with E-state index in [1.807, 2.05) is 0 Å². The molecule has 0 saturated heterocycles. The molecule has 0 radical (unpaired) electrons. The molecule has 4 rings (SSSR count). The van der Waals surface area contributed by atoms with Crippen LogP contribution < -0.4 is 8.89 Å². The summed E-state index contributed by atoms with van der Waals surface area (Å²) < 4.78 is 37.2. The molecule has 0 fully saturated rings. The van der Waals surface area contributed by atoms with E-state index in [1.165, 1.54) is 28.2 Å². The van der Waals surface area contributed by atoms with Gasteiger partial charge in [-0.1, -0.05) is 0 Å². The van der Waals surface area contributed by atoms with Gasteiger partial charge in [-0.15, -0.1) is 0 Å². The Bertz CT molecular complexity index is 1400. The Morgan fingerprint density at radius 1 is 0.795 bits per heavy atom. The summed E-state index contributed by atoms with van der Waals surface area (Å²) >= 11 is -0.0552. The summed E-state index contributed by atoms with van der Waals surface area (Å²) in [5, 5.41) is 0.113. The normalized spacial score (nSPS) is 12.8. The third-order valence-corrected chi connectivity index (χ3v) is 14.7. The first-order valence-electron chi connectivity index (χ1n) is 13.4. The first-order valence-corrected chi connectivity index (χ1v) is 18.2. The van der Waals surface area contributed by atoms with Crippen LogP contribution in [-0.4, -0.2) is 23.3 Å². The van der Waals surface area contributed by atoms with Gasteiger partial charge in [-0.3, -0.25) is 0 Å². The fraction of sp³-hybridized carbons (Fsp3) is 0.294. The summed E-state index contributed by atoms with van der Waals surface area (Å²) in [6.45, 7) is 15.4. The van der Waals surface area contributed by atoms with E-state index in [1.54, 1.807) is 0 Å². The molecular formula is C34H38F2OSeSi. The Morgan fingerprint density at radius 3 is 1.90 bits per heavy atom. The number of hydrogen-bond acceptors (Lipinski definition) is 1. The van der Waals surface area contributed by atoms with Crippen molar-refractivity contribution in [1.82, 2.24) is 0 Å². The molecule has 1 nitrogen and oxygen atoms in total. The van der Waals surface area contributed by atoms with Crippen LogP contribution in [0.2, 0.25) is 18.1 Å². The molecule has 0 aliphatic rings. The molecular weight excluding hydrogens is 569 g/mol. The summed E-state index contributed by atoms with van der Waals surface area (Å²) in [4.78, 5) is -0.0254. The van der Waals surface area contributed by atoms with Crippen molar-refractivity contribution in [1.29, 1.82) is 0 Å². The van der Waals surface area contributed by atoms with Crippen molar-refractivity contribution in [3.63, 3.8) is 0 Å². The van der Waals surface area contributed by atoms with Gasteiger partial charge in [0.15, 0.2) is 0 Å². The standard InChI is InChI=1S/C34H38F2OSeSi/c1-23-11-13-25(14-12-23)26-15-17-27(18-16-26)33(22-29-30(35)9-8-10-31(29)36)38-28-19-20-32(24(2)21-28)37-39(6,7)34(3,4)5/h8-21,33H,22H2,1-7H3. The Hall–Kier alpha value is -2.72. The third-order valence-electron chi connectivity index (χ3n) is 7.71. The van der Waals surface area contributed by atoms with Crippen LogP contribution in [0.15, 0.2) is 84.9 Å². The molecule has 0 bridgehead atoms. The van der Waals surface area contributed by atoms with Crippen molar-refractivity contribution in [2.75, 3.05) is 0 Å². The topological polar surface area (TPSA) is 9.23 Å². The van der Waals surface area contributed by atoms with Crippen molar-refractivity contribution in [3.05, 3.63) is 119 Å². The number of benzene rings is 4. The molecule has 0 spiro atoms. The molecule has 4 aromatic carbocycles. The quantitative estimate of drug-likeness (QED) is 0.182. The molecule has 0 aliphatic carbocycles. The van der Waals surface area contributed by atoms with Crippen LogP contribution in [-0.2, 0) is 6.42 Å². The first kappa shape index (κ1) is 29.3. The second kappa shape index (κ2) is 11.8. The van der Waals surface area contributed by atoms with Gasteiger partial charge in [-0.25, -0.2) is 0 Å². The number of hydrogen-bond donors (Lipinski definition) is 0. The average molecular weight is 608 g/mol. The van der Waals surface area contributed by atoms with Crippen LogP contribution in [0.3, 0.4) is 0 Å². The van der Waals surface area contributed by atoms with Gasteiger partial charge in [-0.2, -0.15) is 0 Å². The minimum atomic E-state index is -1.96. The van der Waals surface area contributed by atoms with Crippen LogP contribution in [0.5, 0.6) is 5.75 Å². The Kier molecular flexibility index (Phi) is 8.85. The molecule has 0 saturated carbocycles. The fourth-order valence-electron chi connectivity index (χ4n) is 4.18. The summed E-state index contributed by atoms with van der Waals surface area (Å²) in [5.41, 5.74) is 5.85. The maximum atomic E-state index is 14.7. The van der Waals surface area contributed by atoms with Gasteiger partial charge in [0, 0.05) is 0 Å². The Labute approximate surface area is 239 Å². The Morgan fingerprint density at radius 2 is 1.36 bits per heavy atom. The first-order chi connectivity index (χ1) is 18.3. The van der Waals surface area contributed by atoms with Crippen LogP contribution in [0.1, 0.15) is 47.8 Å². The number of aryl methyl sites for hydroxylation is 2. The van der Waals surface area contributed by atoms with Gasteiger partial charge >= 0.3 is 241 Å². The second-order valence-corrected chi connectivity index (χ2v) is 19.2. The molecule has 0 amide bonds. The zero-order valence-corrected chi connectivity index (χ0v) is 26.7. The summed E-state index contributed by atoms with van der Waals surface area (Å²) in [6, 6.07) is 27.4. The van der Waals surface area contributed by atoms with E-state index in [0.29, 0.717) is 6.42 Å². The average Bonchev–Trinajstić information content (AvgIpc) is 2.87. The summed E-state index contributed by atoms with van der Waals surface area (Å²) in [7, 11) is -1.96. The van der Waals surface area contributed by atoms with Gasteiger partial charge in [0.2, 0.25) is 0 Å². The van der Waals surface area contributed by atoms with Crippen LogP contribution in [0, 0.1) is 25.5 Å². The van der Waals surface area contributed by atoms with Crippen molar-refractivity contribution in [2.45, 2.75) is 64.0 Å². The van der Waals surface area contributed by atoms with E-state index in [2.05, 4.69) is 114 Å². The van der Waals surface area contributed by atoms with Crippen LogP contribution in [0.4, 0.5) is 8.78 Å². The van der Waals surface area contributed by atoms with E-state index in [4.69, 9.17) is 4.43 Å². The molecule has 1 unspecified atom stereocenters. The zero-order valence-electron chi connectivity index (χ0n) is 23.9. The molecule has 0 aromatic heterocycles. The SMILES string of the molecule is Cc1ccc(-c2ccc(C(Cc3c(F)cccc3F)[Se]c3ccc(O[Si](C)(C)C(C)(C)C)c(C)c3)cc2)cc1. The van der Waals surface area contributed by atoms with Crippen molar-refractivity contribution >= 4 is 27.7 Å². The second-order valence-electron chi connectivity index (χ2n) is 11.8. The van der Waals surface area contributed by atoms with Gasteiger partial charge in [0.05, 0.1) is 0 Å². The molecule has 4 aromatic rings. The van der Waals surface area contributed by atoms with Crippen LogP contribution in [0.25, 0.3) is 11.1 Å². The monoisotopic (exact) mass is 608 g/mol. The molecule has 204 valence electrons. The molecule has 39 heavy (non-hydrogen) atoms. The van der Waals surface area contributed by atoms with E-state index in [-0.39, 0.29) is 30.4 Å². The summed E-state index contributed by atoms with van der Waals surface area (Å²) in [5.74, 6) is -0.0389. The van der Waals surface area contributed by atoms with Crippen molar-refractivity contribution < 1.29 is 13.2 Å². The molecule has 0 N–H and O–H groups in total. The number of halogens is 2. The van der Waals surface area contributed by atoms with Crippen LogP contribution >= 0.6 is 0 Å². The van der Waals surface area contributed by atoms with Gasteiger partial charge in [0.25, 0.3) is 0 Å². The predicted molar refractivity (Wildman–Crippen MR) is 164 cm³/mol. The van der Waals surface area contributed by atoms with E-state index >= 15 is 0 Å². The fourth-order valence-corrected chi connectivity index (χ4v) is 7.91. The van der Waals surface area contributed by atoms with Gasteiger partial charge in [-0.05, 0) is 0 Å². The predicted octanol–water partition coefficient (Wildman–Crippen LogP) is 8.95.